The lowest BCUT2D eigenvalue weighted by Gasteiger charge is -2.27. The fraction of sp³-hybridized carbons (Fsp3) is 0.522. The van der Waals surface area contributed by atoms with Gasteiger partial charge in [-0.05, 0) is 58.4 Å². The summed E-state index contributed by atoms with van der Waals surface area (Å²) in [6.07, 6.45) is 5.37. The summed E-state index contributed by atoms with van der Waals surface area (Å²) in [6, 6.07) is 4.03. The van der Waals surface area contributed by atoms with E-state index in [4.69, 9.17) is 4.74 Å². The number of carbonyl (C=O) groups excluding carboxylic acids is 1. The molecule has 1 spiro atoms. The van der Waals surface area contributed by atoms with E-state index in [0.29, 0.717) is 23.9 Å². The molecule has 166 valence electrons. The minimum absolute atomic E-state index is 0.00922. The summed E-state index contributed by atoms with van der Waals surface area (Å²) in [4.78, 5) is 25.6. The number of nitrogens with zero attached hydrogens (tertiary/aromatic N) is 4. The van der Waals surface area contributed by atoms with Crippen molar-refractivity contribution in [2.75, 3.05) is 37.6 Å². The Balaban J connectivity index is 1.63. The van der Waals surface area contributed by atoms with Crippen molar-refractivity contribution in [2.24, 2.45) is 5.41 Å². The second kappa shape index (κ2) is 8.78. The van der Waals surface area contributed by atoms with Crippen molar-refractivity contribution in [3.05, 3.63) is 42.1 Å². The van der Waals surface area contributed by atoms with Crippen LogP contribution >= 0.6 is 0 Å². The Morgan fingerprint density at radius 1 is 1.35 bits per heavy atom. The van der Waals surface area contributed by atoms with Crippen LogP contribution in [0.3, 0.4) is 0 Å². The molecule has 8 heteroatoms. The molecule has 1 aromatic carbocycles. The van der Waals surface area contributed by atoms with E-state index >= 15 is 0 Å². The SMILES string of the molecule is CCN(C(=O)c1cc(F)ccc1Oc1cncnc1N1CCC2(CCNC2)C1)C(C)C. The first-order valence-electron chi connectivity index (χ1n) is 11.0. The van der Waals surface area contributed by atoms with Crippen LogP contribution in [0.25, 0.3) is 0 Å². The highest BCUT2D eigenvalue weighted by Crippen LogP contribution is 2.41. The Morgan fingerprint density at radius 3 is 2.90 bits per heavy atom. The van der Waals surface area contributed by atoms with Crippen LogP contribution in [0.4, 0.5) is 10.2 Å². The number of ether oxygens (including phenoxy) is 1. The second-order valence-electron chi connectivity index (χ2n) is 8.74. The van der Waals surface area contributed by atoms with Crippen LogP contribution in [0.5, 0.6) is 11.5 Å². The van der Waals surface area contributed by atoms with Crippen LogP contribution in [-0.2, 0) is 0 Å². The zero-order chi connectivity index (χ0) is 22.0. The molecule has 4 rings (SSSR count). The minimum Gasteiger partial charge on any atom is -0.451 e. The first-order chi connectivity index (χ1) is 14.9. The summed E-state index contributed by atoms with van der Waals surface area (Å²) >= 11 is 0. The van der Waals surface area contributed by atoms with E-state index in [1.807, 2.05) is 20.8 Å². The molecule has 0 radical (unpaired) electrons. The molecule has 0 aliphatic carbocycles. The van der Waals surface area contributed by atoms with Gasteiger partial charge in [0.15, 0.2) is 11.6 Å². The Hall–Kier alpha value is -2.74. The molecule has 1 atom stereocenters. The predicted molar refractivity (Wildman–Crippen MR) is 117 cm³/mol. The van der Waals surface area contributed by atoms with E-state index in [0.717, 1.165) is 39.0 Å². The summed E-state index contributed by atoms with van der Waals surface area (Å²) in [6.45, 7) is 10.2. The van der Waals surface area contributed by atoms with Crippen molar-refractivity contribution >= 4 is 11.7 Å². The van der Waals surface area contributed by atoms with Crippen LogP contribution in [-0.4, -0.2) is 59.5 Å². The fourth-order valence-electron chi connectivity index (χ4n) is 4.65. The highest BCUT2D eigenvalue weighted by Gasteiger charge is 2.41. The molecule has 1 amide bonds. The van der Waals surface area contributed by atoms with Gasteiger partial charge in [0.1, 0.15) is 17.9 Å². The van der Waals surface area contributed by atoms with Gasteiger partial charge in [-0.15, -0.1) is 0 Å². The van der Waals surface area contributed by atoms with Crippen LogP contribution in [0.1, 0.15) is 44.0 Å². The summed E-state index contributed by atoms with van der Waals surface area (Å²) in [5.74, 6) is 0.743. The van der Waals surface area contributed by atoms with Gasteiger partial charge in [0.05, 0.1) is 11.8 Å². The number of nitrogens with one attached hydrogen (secondary N) is 1. The largest absolute Gasteiger partial charge is 0.451 e. The maximum atomic E-state index is 14.0. The lowest BCUT2D eigenvalue weighted by Crippen LogP contribution is -2.36. The van der Waals surface area contributed by atoms with Gasteiger partial charge in [0.25, 0.3) is 5.91 Å². The van der Waals surface area contributed by atoms with Crippen molar-refractivity contribution in [1.82, 2.24) is 20.2 Å². The van der Waals surface area contributed by atoms with Crippen LogP contribution in [0.15, 0.2) is 30.7 Å². The van der Waals surface area contributed by atoms with E-state index in [9.17, 15) is 9.18 Å². The smallest absolute Gasteiger partial charge is 0.257 e. The number of anilines is 1. The predicted octanol–water partition coefficient (Wildman–Crippen LogP) is 3.47. The molecule has 1 unspecified atom stereocenters. The Labute approximate surface area is 182 Å². The van der Waals surface area contributed by atoms with E-state index < -0.39 is 5.82 Å². The van der Waals surface area contributed by atoms with Gasteiger partial charge in [-0.2, -0.15) is 0 Å². The number of halogens is 1. The van der Waals surface area contributed by atoms with Crippen molar-refractivity contribution in [3.63, 3.8) is 0 Å². The molecule has 2 saturated heterocycles. The van der Waals surface area contributed by atoms with Gasteiger partial charge in [-0.1, -0.05) is 0 Å². The molecule has 0 bridgehead atoms. The lowest BCUT2D eigenvalue weighted by atomic mass is 9.87. The third kappa shape index (κ3) is 4.35. The monoisotopic (exact) mass is 427 g/mol. The molecule has 31 heavy (non-hydrogen) atoms. The van der Waals surface area contributed by atoms with Gasteiger partial charge in [-0.25, -0.2) is 14.4 Å². The van der Waals surface area contributed by atoms with Gasteiger partial charge >= 0.3 is 0 Å². The van der Waals surface area contributed by atoms with Crippen LogP contribution in [0.2, 0.25) is 0 Å². The molecule has 3 heterocycles. The number of carbonyl (C=O) groups is 1. The van der Waals surface area contributed by atoms with E-state index in [2.05, 4.69) is 20.2 Å². The maximum absolute atomic E-state index is 14.0. The fourth-order valence-corrected chi connectivity index (χ4v) is 4.65. The third-order valence-electron chi connectivity index (χ3n) is 6.35. The average Bonchev–Trinajstić information content (AvgIpc) is 3.39. The van der Waals surface area contributed by atoms with Crippen molar-refractivity contribution < 1.29 is 13.9 Å². The summed E-state index contributed by atoms with van der Waals surface area (Å²) < 4.78 is 20.2. The molecule has 7 nitrogen and oxygen atoms in total. The third-order valence-corrected chi connectivity index (χ3v) is 6.35. The molecule has 2 aromatic rings. The quantitative estimate of drug-likeness (QED) is 0.761. The number of benzene rings is 1. The molecule has 2 fully saturated rings. The molecule has 2 aliphatic heterocycles. The number of amides is 1. The summed E-state index contributed by atoms with van der Waals surface area (Å²) in [7, 11) is 0. The van der Waals surface area contributed by atoms with E-state index in [-0.39, 0.29) is 22.9 Å². The van der Waals surface area contributed by atoms with Gasteiger partial charge < -0.3 is 19.9 Å². The first-order valence-corrected chi connectivity index (χ1v) is 11.0. The Kier molecular flexibility index (Phi) is 6.09. The number of rotatable bonds is 6. The lowest BCUT2D eigenvalue weighted by molar-refractivity contribution is 0.0713. The van der Waals surface area contributed by atoms with Gasteiger partial charge in [0, 0.05) is 37.6 Å². The highest BCUT2D eigenvalue weighted by atomic mass is 19.1. The van der Waals surface area contributed by atoms with Crippen molar-refractivity contribution in [2.45, 2.75) is 39.7 Å². The van der Waals surface area contributed by atoms with Crippen LogP contribution in [0, 0.1) is 11.2 Å². The minimum atomic E-state index is -0.477. The zero-order valence-corrected chi connectivity index (χ0v) is 18.4. The first kappa shape index (κ1) is 21.5. The highest BCUT2D eigenvalue weighted by molar-refractivity contribution is 5.97. The number of hydrogen-bond donors (Lipinski definition) is 1. The van der Waals surface area contributed by atoms with Gasteiger partial charge in [-0.3, -0.25) is 4.79 Å². The Morgan fingerprint density at radius 2 is 2.19 bits per heavy atom. The molecular formula is C23H30FN5O2. The van der Waals surface area contributed by atoms with Gasteiger partial charge in [0.2, 0.25) is 0 Å². The average molecular weight is 428 g/mol. The molecule has 0 saturated carbocycles. The van der Waals surface area contributed by atoms with Crippen molar-refractivity contribution in [3.8, 4) is 11.5 Å². The van der Waals surface area contributed by atoms with E-state index in [1.54, 1.807) is 11.1 Å². The summed E-state index contributed by atoms with van der Waals surface area (Å²) in [5.41, 5.74) is 0.473. The maximum Gasteiger partial charge on any atom is 0.257 e. The molecular weight excluding hydrogens is 397 g/mol. The summed E-state index contributed by atoms with van der Waals surface area (Å²) in [5, 5.41) is 3.46. The number of aromatic nitrogens is 2. The van der Waals surface area contributed by atoms with Crippen molar-refractivity contribution in [1.29, 1.82) is 0 Å². The standard InChI is InChI=1S/C23H30FN5O2/c1-4-29(16(2)3)22(30)18-11-17(24)5-6-19(18)31-20-12-26-15-27-21(20)28-10-8-23(14-28)7-9-25-13-23/h5-6,11-12,15-16,25H,4,7-10,13-14H2,1-3H3. The molecule has 1 aromatic heterocycles. The Bertz CT molecular complexity index is 945. The normalized spacial score (nSPS) is 20.6. The molecule has 2 aliphatic rings. The number of hydrogen-bond acceptors (Lipinski definition) is 6. The zero-order valence-electron chi connectivity index (χ0n) is 18.4. The van der Waals surface area contributed by atoms with Crippen LogP contribution < -0.4 is 15.0 Å². The molecule has 1 N–H and O–H groups in total. The topological polar surface area (TPSA) is 70.6 Å². The second-order valence-corrected chi connectivity index (χ2v) is 8.74. The van der Waals surface area contributed by atoms with E-state index in [1.165, 1.54) is 24.5 Å².